The van der Waals surface area contributed by atoms with Crippen LogP contribution in [0.1, 0.15) is 89.7 Å². The second-order valence-corrected chi connectivity index (χ2v) is 21.0. The number of allylic oxidation sites excluding steroid dienone is 5. The Kier molecular flexibility index (Phi) is 16.0. The van der Waals surface area contributed by atoms with E-state index in [1.807, 2.05) is 24.0 Å². The Bertz CT molecular complexity index is 2630. The van der Waals surface area contributed by atoms with Gasteiger partial charge >= 0.3 is 5.97 Å². The summed E-state index contributed by atoms with van der Waals surface area (Å²) >= 11 is 1.60. The number of nitrogens with zero attached hydrogens (tertiary/aromatic N) is 3. The minimum atomic E-state index is -4.62. The maximum absolute atomic E-state index is 14.3. The second kappa shape index (κ2) is 20.8. The molecule has 3 heterocycles. The summed E-state index contributed by atoms with van der Waals surface area (Å²) in [6.07, 6.45) is 5.12. The summed E-state index contributed by atoms with van der Waals surface area (Å²) in [4.78, 5) is 57.8. The van der Waals surface area contributed by atoms with Gasteiger partial charge in [0.2, 0.25) is 11.5 Å². The molecule has 2 aromatic rings. The minimum absolute atomic E-state index is 0.00415. The monoisotopic (exact) mass is 998 g/mol. The lowest BCUT2D eigenvalue weighted by Crippen LogP contribution is -2.33. The number of hydrogen-bond donors (Lipinski definition) is 5. The molecular formula is C41H48N3O18S4+. The number of carbonyl (C=O) groups is 4. The molecule has 2 aromatic carbocycles. The van der Waals surface area contributed by atoms with Crippen LogP contribution in [0.5, 0.6) is 0 Å². The molecule has 0 radical (unpaired) electrons. The zero-order valence-electron chi connectivity index (χ0n) is 35.8. The van der Waals surface area contributed by atoms with Crippen molar-refractivity contribution < 1.29 is 88.9 Å². The Labute approximate surface area is 388 Å². The average molecular weight is 999 g/mol. The number of fused-ring (bicyclic) bond motifs is 2. The largest absolute Gasteiger partial charge is 0.506 e. The zero-order valence-corrected chi connectivity index (χ0v) is 39.1. The van der Waals surface area contributed by atoms with Crippen LogP contribution >= 0.6 is 24.1 Å². The van der Waals surface area contributed by atoms with Crippen LogP contribution in [0.3, 0.4) is 0 Å². The van der Waals surface area contributed by atoms with Crippen LogP contribution in [-0.4, -0.2) is 105 Å². The molecule has 0 bridgehead atoms. The van der Waals surface area contributed by atoms with E-state index in [9.17, 15) is 50.2 Å². The molecular weight excluding hydrogens is 951 g/mol. The van der Waals surface area contributed by atoms with Crippen molar-refractivity contribution in [3.63, 3.8) is 0 Å². The van der Waals surface area contributed by atoms with E-state index in [1.54, 1.807) is 30.6 Å². The first-order valence-electron chi connectivity index (χ1n) is 20.5. The average Bonchev–Trinajstić information content (AvgIpc) is 3.77. The smallest absolute Gasteiger partial charge is 0.333 e. The molecule has 66 heavy (non-hydrogen) atoms. The molecule has 25 heteroatoms. The third-order valence-electron chi connectivity index (χ3n) is 11.8. The summed E-state index contributed by atoms with van der Waals surface area (Å²) < 4.78 is 77.8. The topological polar surface area (TPSA) is 293 Å². The molecule has 21 nitrogen and oxygen atoms in total. The predicted molar refractivity (Wildman–Crippen MR) is 235 cm³/mol. The lowest BCUT2D eigenvalue weighted by atomic mass is 9.75. The van der Waals surface area contributed by atoms with E-state index >= 15 is 0 Å². The highest BCUT2D eigenvalue weighted by atomic mass is 32.2. The van der Waals surface area contributed by atoms with Gasteiger partial charge in [-0.25, -0.2) is 15.3 Å². The lowest BCUT2D eigenvalue weighted by molar-refractivity contribution is -0.437. The molecule has 1 atom stereocenters. The van der Waals surface area contributed by atoms with Crippen LogP contribution < -0.4 is 4.90 Å². The molecule has 358 valence electrons. The summed E-state index contributed by atoms with van der Waals surface area (Å²) in [5.41, 5.74) is 1.35. The molecule has 1 unspecified atom stereocenters. The fourth-order valence-electron chi connectivity index (χ4n) is 8.58. The summed E-state index contributed by atoms with van der Waals surface area (Å²) in [6, 6.07) is 9.28. The SMILES string of the molecule is CC1(C)C(C=C2C(=O)C(C=C3N(CCCSOOO)c4ccc(SOOO)cc4C3(C)CCCCCC(=O)ON3C(=O)CCC3=O)=C2O)=[N+](CCCS(=O)(=O)O)c2ccc(S(=O)(=O)O)cc21. The van der Waals surface area contributed by atoms with E-state index in [0.717, 1.165) is 35.3 Å². The van der Waals surface area contributed by atoms with E-state index in [0.29, 0.717) is 77.0 Å². The summed E-state index contributed by atoms with van der Waals surface area (Å²) in [6.45, 7) is 5.77. The number of amides is 2. The highest BCUT2D eigenvalue weighted by Crippen LogP contribution is 2.53. The Morgan fingerprint density at radius 3 is 2.24 bits per heavy atom. The molecule has 5 N–H and O–H groups in total. The van der Waals surface area contributed by atoms with Crippen LogP contribution in [-0.2, 0) is 73.8 Å². The van der Waals surface area contributed by atoms with E-state index in [-0.39, 0.29) is 54.0 Å². The van der Waals surface area contributed by atoms with Crippen LogP contribution in [0, 0.1) is 0 Å². The lowest BCUT2D eigenvalue weighted by Gasteiger charge is -2.32. The van der Waals surface area contributed by atoms with E-state index in [4.69, 9.17) is 19.7 Å². The summed E-state index contributed by atoms with van der Waals surface area (Å²) in [5.74, 6) is -3.03. The Balaban J connectivity index is 1.36. The number of rotatable bonds is 23. The van der Waals surface area contributed by atoms with Crippen molar-refractivity contribution >= 4 is 85.0 Å². The van der Waals surface area contributed by atoms with Gasteiger partial charge in [0.1, 0.15) is 12.3 Å². The number of aliphatic hydroxyl groups is 1. The molecule has 6 rings (SSSR count). The van der Waals surface area contributed by atoms with Gasteiger partial charge in [-0.2, -0.15) is 21.4 Å². The van der Waals surface area contributed by atoms with E-state index < -0.39 is 60.4 Å². The predicted octanol–water partition coefficient (Wildman–Crippen LogP) is 6.02. The molecule has 0 spiro atoms. The molecule has 1 fully saturated rings. The van der Waals surface area contributed by atoms with Gasteiger partial charge in [-0.1, -0.05) is 22.9 Å². The van der Waals surface area contributed by atoms with Gasteiger partial charge in [-0.15, -0.1) is 13.7 Å². The summed E-state index contributed by atoms with van der Waals surface area (Å²) in [7, 11) is -8.98. The quantitative estimate of drug-likeness (QED) is 0.0124. The normalized spacial score (nSPS) is 20.6. The number of Topliss-reactive ketones (excluding diaryl/α,β-unsaturated/α-hetero) is 1. The van der Waals surface area contributed by atoms with Gasteiger partial charge < -0.3 is 14.8 Å². The highest BCUT2D eigenvalue weighted by Gasteiger charge is 2.49. The number of benzene rings is 2. The third kappa shape index (κ3) is 11.1. The van der Waals surface area contributed by atoms with Gasteiger partial charge in [-0.05, 0) is 82.0 Å². The number of aliphatic hydroxyl groups excluding tert-OH is 1. The number of hydroxylamine groups is 2. The Hall–Kier alpha value is -4.51. The standard InChI is InChI=1S/C41H47N3O18S4/c1-40(2)29-22-26(66(55,56)57)11-13-31(29)42(18-8-20-65(52,53)54)33(40)23-27-38(48)28(39(27)49)24-34-41(3,16-6-4-5-9-37(47)58-44-35(45)14-15-36(44)46)30-21-25(64-62-60-51)10-12-32(30)43(34)17-7-19-63-61-59-50/h10-13,21-24H,4-9,14-20H2,1-3H3,(H4-,48,50,51,52,53,54,55,56,57)/p+1. The van der Waals surface area contributed by atoms with Crippen LogP contribution in [0.4, 0.5) is 11.4 Å². The van der Waals surface area contributed by atoms with Gasteiger partial charge in [0.25, 0.3) is 32.1 Å². The summed E-state index contributed by atoms with van der Waals surface area (Å²) in [5, 5.41) is 37.3. The highest BCUT2D eigenvalue weighted by molar-refractivity contribution is 7.94. The first-order valence-corrected chi connectivity index (χ1v) is 25.2. The number of imide groups is 1. The van der Waals surface area contributed by atoms with Crippen LogP contribution in [0.2, 0.25) is 0 Å². The van der Waals surface area contributed by atoms with Crippen molar-refractivity contribution in [2.75, 3.05) is 29.5 Å². The van der Waals surface area contributed by atoms with Crippen molar-refractivity contribution in [1.29, 1.82) is 0 Å². The molecule has 0 aromatic heterocycles. The zero-order chi connectivity index (χ0) is 48.2. The number of hydrogen-bond acceptors (Lipinski definition) is 19. The van der Waals surface area contributed by atoms with E-state index in [2.05, 4.69) is 14.4 Å². The van der Waals surface area contributed by atoms with Crippen molar-refractivity contribution in [3.05, 3.63) is 82.3 Å². The first kappa shape index (κ1) is 50.9. The first-order chi connectivity index (χ1) is 31.1. The van der Waals surface area contributed by atoms with E-state index in [1.165, 1.54) is 24.3 Å². The number of ketones is 1. The molecule has 4 aliphatic rings. The second-order valence-electron chi connectivity index (χ2n) is 16.4. The number of anilines is 1. The van der Waals surface area contributed by atoms with Gasteiger partial charge in [-0.3, -0.25) is 23.5 Å². The maximum Gasteiger partial charge on any atom is 0.333 e. The fourth-order valence-corrected chi connectivity index (χ4v) is 10.3. The molecule has 1 saturated heterocycles. The van der Waals surface area contributed by atoms with Crippen molar-refractivity contribution in [2.24, 2.45) is 0 Å². The van der Waals surface area contributed by atoms with Gasteiger partial charge in [0.15, 0.2) is 5.71 Å². The van der Waals surface area contributed by atoms with Crippen LogP contribution in [0.15, 0.2) is 80.9 Å². The van der Waals surface area contributed by atoms with Gasteiger partial charge in [0, 0.05) is 89.4 Å². The Morgan fingerprint density at radius 1 is 0.879 bits per heavy atom. The van der Waals surface area contributed by atoms with Crippen LogP contribution in [0.25, 0.3) is 0 Å². The molecule has 2 amide bonds. The van der Waals surface area contributed by atoms with Crippen molar-refractivity contribution in [1.82, 2.24) is 5.06 Å². The van der Waals surface area contributed by atoms with Crippen molar-refractivity contribution in [2.45, 2.75) is 99.2 Å². The van der Waals surface area contributed by atoms with Crippen molar-refractivity contribution in [3.8, 4) is 0 Å². The third-order valence-corrected chi connectivity index (χ3v) is 14.7. The Morgan fingerprint density at radius 2 is 1.59 bits per heavy atom. The number of carbonyl (C=O) groups excluding carboxylic acids is 4. The van der Waals surface area contributed by atoms with Gasteiger partial charge in [0.05, 0.1) is 39.3 Å². The molecule has 3 aliphatic heterocycles. The maximum atomic E-state index is 14.3. The fraction of sp³-hybridized carbons (Fsp3) is 0.439. The molecule has 0 saturated carbocycles. The molecule has 1 aliphatic carbocycles. The minimum Gasteiger partial charge on any atom is -0.506 e. The number of unbranched alkanes of at least 4 members (excludes halogenated alkanes) is 2.